The zero-order valence-electron chi connectivity index (χ0n) is 15.7. The van der Waals surface area contributed by atoms with Crippen molar-refractivity contribution in [3.8, 4) is 0 Å². The van der Waals surface area contributed by atoms with Crippen LogP contribution in [0.5, 0.6) is 0 Å². The van der Waals surface area contributed by atoms with Crippen LogP contribution >= 0.6 is 15.9 Å². The first kappa shape index (κ1) is 19.9. The Morgan fingerprint density at radius 3 is 2.54 bits per heavy atom. The number of carbonyl (C=O) groups is 2. The Labute approximate surface area is 171 Å². The quantitative estimate of drug-likeness (QED) is 0.586. The van der Waals surface area contributed by atoms with E-state index in [1.807, 2.05) is 36.7 Å². The topological polar surface area (TPSA) is 89.2 Å². The lowest BCUT2D eigenvalue weighted by Crippen LogP contribution is -2.36. The molecular formula is C20H21BrN4O3. The lowest BCUT2D eigenvalue weighted by molar-refractivity contribution is -0.120. The van der Waals surface area contributed by atoms with Gasteiger partial charge in [-0.15, -0.1) is 0 Å². The molecule has 0 aliphatic heterocycles. The minimum absolute atomic E-state index is 0.132. The fourth-order valence-corrected chi connectivity index (χ4v) is 3.14. The van der Waals surface area contributed by atoms with Crippen LogP contribution in [0.3, 0.4) is 0 Å². The number of aryl methyl sites for hydroxylation is 1. The molecule has 0 atom stereocenters. The first-order valence-corrected chi connectivity index (χ1v) is 9.60. The zero-order chi connectivity index (χ0) is 20.1. The number of halogens is 1. The van der Waals surface area contributed by atoms with Gasteiger partial charge in [0, 0.05) is 17.8 Å². The summed E-state index contributed by atoms with van der Waals surface area (Å²) in [7, 11) is 0. The number of furan rings is 1. The molecule has 2 aromatic heterocycles. The predicted molar refractivity (Wildman–Crippen MR) is 108 cm³/mol. The third kappa shape index (κ3) is 4.89. The highest BCUT2D eigenvalue weighted by atomic mass is 79.9. The number of rotatable bonds is 7. The minimum atomic E-state index is -0.441. The van der Waals surface area contributed by atoms with Crippen molar-refractivity contribution in [1.29, 1.82) is 0 Å². The number of hydrogen-bond acceptors (Lipinski definition) is 4. The van der Waals surface area contributed by atoms with Gasteiger partial charge in [-0.3, -0.25) is 14.3 Å². The van der Waals surface area contributed by atoms with Gasteiger partial charge in [-0.1, -0.05) is 30.3 Å². The van der Waals surface area contributed by atoms with Crippen LogP contribution in [0.15, 0.2) is 51.6 Å². The highest BCUT2D eigenvalue weighted by Gasteiger charge is 2.14. The Morgan fingerprint density at radius 1 is 1.11 bits per heavy atom. The second-order valence-corrected chi connectivity index (χ2v) is 7.14. The second-order valence-electron chi connectivity index (χ2n) is 6.36. The van der Waals surface area contributed by atoms with Crippen molar-refractivity contribution >= 4 is 27.7 Å². The van der Waals surface area contributed by atoms with Crippen LogP contribution < -0.4 is 10.6 Å². The van der Waals surface area contributed by atoms with Crippen LogP contribution in [-0.4, -0.2) is 28.1 Å². The third-order valence-electron chi connectivity index (χ3n) is 4.38. The van der Waals surface area contributed by atoms with Gasteiger partial charge in [-0.25, -0.2) is 0 Å². The summed E-state index contributed by atoms with van der Waals surface area (Å²) in [6, 6.07) is 13.2. The Morgan fingerprint density at radius 2 is 1.86 bits per heavy atom. The Bertz CT molecular complexity index is 979. The smallest absolute Gasteiger partial charge is 0.287 e. The average Bonchev–Trinajstić information content (AvgIpc) is 3.23. The molecule has 2 heterocycles. The van der Waals surface area contributed by atoms with Crippen LogP contribution in [0.2, 0.25) is 0 Å². The molecule has 8 heteroatoms. The lowest BCUT2D eigenvalue weighted by Gasteiger charge is -2.08. The molecule has 0 bridgehead atoms. The fraction of sp³-hybridized carbons (Fsp3) is 0.250. The summed E-state index contributed by atoms with van der Waals surface area (Å²) in [5.41, 5.74) is 4.02. The van der Waals surface area contributed by atoms with E-state index in [2.05, 4.69) is 43.8 Å². The molecular weight excluding hydrogens is 424 g/mol. The molecule has 0 fully saturated rings. The molecule has 0 aliphatic rings. The summed E-state index contributed by atoms with van der Waals surface area (Å²) >= 11 is 3.13. The van der Waals surface area contributed by atoms with Crippen molar-refractivity contribution in [2.45, 2.75) is 26.9 Å². The average molecular weight is 445 g/mol. The SMILES string of the molecule is Cc1nn(Cc2ccccc2)c(C)c1CNC(=O)CNC(=O)c1ccc(Br)o1. The minimum Gasteiger partial charge on any atom is -0.444 e. The second kappa shape index (κ2) is 8.88. The number of amides is 2. The summed E-state index contributed by atoms with van der Waals surface area (Å²) in [5.74, 6) is -0.578. The molecule has 0 spiro atoms. The number of hydrogen-bond donors (Lipinski definition) is 2. The molecule has 0 aliphatic carbocycles. The highest BCUT2D eigenvalue weighted by molar-refractivity contribution is 9.10. The Balaban J connectivity index is 1.54. The Hall–Kier alpha value is -2.87. The van der Waals surface area contributed by atoms with Gasteiger partial charge in [-0.05, 0) is 47.5 Å². The van der Waals surface area contributed by atoms with Crippen LogP contribution in [0.4, 0.5) is 0 Å². The number of carbonyl (C=O) groups excluding carboxylic acids is 2. The van der Waals surface area contributed by atoms with Gasteiger partial charge in [0.2, 0.25) is 5.91 Å². The van der Waals surface area contributed by atoms with E-state index >= 15 is 0 Å². The van der Waals surface area contributed by atoms with E-state index in [0.29, 0.717) is 17.8 Å². The molecule has 2 amide bonds. The number of nitrogens with zero attached hydrogens (tertiary/aromatic N) is 2. The van der Waals surface area contributed by atoms with E-state index in [9.17, 15) is 9.59 Å². The van der Waals surface area contributed by atoms with Gasteiger partial charge in [0.25, 0.3) is 5.91 Å². The molecule has 3 rings (SSSR count). The lowest BCUT2D eigenvalue weighted by atomic mass is 10.2. The molecule has 146 valence electrons. The maximum atomic E-state index is 12.1. The number of benzene rings is 1. The van der Waals surface area contributed by atoms with Gasteiger partial charge in [0.1, 0.15) is 0 Å². The van der Waals surface area contributed by atoms with E-state index in [1.54, 1.807) is 6.07 Å². The van der Waals surface area contributed by atoms with E-state index in [4.69, 9.17) is 4.42 Å². The molecule has 0 saturated carbocycles. The van der Waals surface area contributed by atoms with Gasteiger partial charge >= 0.3 is 0 Å². The summed E-state index contributed by atoms with van der Waals surface area (Å²) in [6.07, 6.45) is 0. The van der Waals surface area contributed by atoms with Crippen LogP contribution in [0, 0.1) is 13.8 Å². The van der Waals surface area contributed by atoms with Crippen molar-refractivity contribution in [2.75, 3.05) is 6.54 Å². The van der Waals surface area contributed by atoms with Gasteiger partial charge < -0.3 is 15.1 Å². The Kier molecular flexibility index (Phi) is 6.30. The standard InChI is InChI=1S/C20H21BrN4O3/c1-13-16(14(2)25(24-13)12-15-6-4-3-5-7-15)10-22-19(26)11-23-20(27)17-8-9-18(21)28-17/h3-9H,10-12H2,1-2H3,(H,22,26)(H,23,27). The number of nitrogens with one attached hydrogen (secondary N) is 2. The van der Waals surface area contributed by atoms with Crippen molar-refractivity contribution in [1.82, 2.24) is 20.4 Å². The zero-order valence-corrected chi connectivity index (χ0v) is 17.2. The van der Waals surface area contributed by atoms with Crippen LogP contribution in [0.1, 0.15) is 33.1 Å². The normalized spacial score (nSPS) is 10.7. The predicted octanol–water partition coefficient (Wildman–Crippen LogP) is 2.95. The van der Waals surface area contributed by atoms with Gasteiger partial charge in [-0.2, -0.15) is 5.10 Å². The molecule has 7 nitrogen and oxygen atoms in total. The maximum Gasteiger partial charge on any atom is 0.287 e. The monoisotopic (exact) mass is 444 g/mol. The van der Waals surface area contributed by atoms with Crippen molar-refractivity contribution < 1.29 is 14.0 Å². The maximum absolute atomic E-state index is 12.1. The van der Waals surface area contributed by atoms with E-state index in [-0.39, 0.29) is 18.2 Å². The third-order valence-corrected chi connectivity index (χ3v) is 4.80. The molecule has 0 saturated heterocycles. The number of aromatic nitrogens is 2. The molecule has 3 aromatic rings. The largest absolute Gasteiger partial charge is 0.444 e. The first-order valence-electron chi connectivity index (χ1n) is 8.81. The van der Waals surface area contributed by atoms with E-state index in [1.165, 1.54) is 6.07 Å². The summed E-state index contributed by atoms with van der Waals surface area (Å²) < 4.78 is 7.54. The molecule has 1 aromatic carbocycles. The molecule has 0 unspecified atom stereocenters. The summed E-state index contributed by atoms with van der Waals surface area (Å²) in [5, 5.41) is 9.93. The molecule has 2 N–H and O–H groups in total. The fourth-order valence-electron chi connectivity index (χ4n) is 2.83. The van der Waals surface area contributed by atoms with Crippen molar-refractivity contribution in [2.24, 2.45) is 0 Å². The first-order chi connectivity index (χ1) is 13.4. The van der Waals surface area contributed by atoms with Crippen molar-refractivity contribution in [3.63, 3.8) is 0 Å². The van der Waals surface area contributed by atoms with E-state index in [0.717, 1.165) is 22.5 Å². The summed E-state index contributed by atoms with van der Waals surface area (Å²) in [4.78, 5) is 24.0. The van der Waals surface area contributed by atoms with E-state index < -0.39 is 5.91 Å². The van der Waals surface area contributed by atoms with Crippen LogP contribution in [-0.2, 0) is 17.9 Å². The highest BCUT2D eigenvalue weighted by Crippen LogP contribution is 2.15. The van der Waals surface area contributed by atoms with Crippen molar-refractivity contribution in [3.05, 3.63) is 75.4 Å². The van der Waals surface area contributed by atoms with Gasteiger partial charge in [0.05, 0.1) is 18.8 Å². The molecule has 28 heavy (non-hydrogen) atoms. The molecule has 0 radical (unpaired) electrons. The summed E-state index contributed by atoms with van der Waals surface area (Å²) in [6.45, 7) is 4.81. The van der Waals surface area contributed by atoms with Crippen LogP contribution in [0.25, 0.3) is 0 Å². The van der Waals surface area contributed by atoms with Gasteiger partial charge in [0.15, 0.2) is 10.4 Å².